The first-order chi connectivity index (χ1) is 14.4. The van der Waals surface area contributed by atoms with Crippen LogP contribution in [0.2, 0.25) is 5.02 Å². The van der Waals surface area contributed by atoms with Crippen molar-refractivity contribution in [3.05, 3.63) is 64.7 Å². The molecule has 0 amide bonds. The van der Waals surface area contributed by atoms with Crippen LogP contribution >= 0.6 is 24.0 Å². The summed E-state index contributed by atoms with van der Waals surface area (Å²) in [5.74, 6) is 0.927. The SMILES string of the molecule is Cc1ccc(S(=O)(=O)N2CCC3(CC2)NCCN=C3NCc2ccc(Cl)cc2)cc1.Cl. The van der Waals surface area contributed by atoms with Gasteiger partial charge in [-0.15, -0.1) is 12.4 Å². The lowest BCUT2D eigenvalue weighted by Crippen LogP contribution is -2.64. The first-order valence-electron chi connectivity index (χ1n) is 10.2. The van der Waals surface area contributed by atoms with Crippen molar-refractivity contribution in [2.45, 2.75) is 36.7 Å². The Bertz CT molecular complexity index is 1020. The molecule has 1 fully saturated rings. The lowest BCUT2D eigenvalue weighted by atomic mass is 9.85. The molecule has 1 spiro atoms. The molecule has 0 saturated carbocycles. The molecular weight excluding hydrogens is 455 g/mol. The maximum atomic E-state index is 13.0. The number of hydrogen-bond donors (Lipinski definition) is 2. The van der Waals surface area contributed by atoms with E-state index in [0.717, 1.165) is 30.1 Å². The average molecular weight is 483 g/mol. The Morgan fingerprint density at radius 2 is 1.74 bits per heavy atom. The molecule has 31 heavy (non-hydrogen) atoms. The largest absolute Gasteiger partial charge is 0.368 e. The van der Waals surface area contributed by atoms with Gasteiger partial charge >= 0.3 is 0 Å². The molecule has 2 aromatic carbocycles. The van der Waals surface area contributed by atoms with Gasteiger partial charge in [-0.2, -0.15) is 4.31 Å². The second-order valence-electron chi connectivity index (χ2n) is 7.94. The van der Waals surface area contributed by atoms with Gasteiger partial charge in [0.25, 0.3) is 0 Å². The van der Waals surface area contributed by atoms with Gasteiger partial charge in [0.15, 0.2) is 0 Å². The maximum Gasteiger partial charge on any atom is 0.243 e. The Labute approximate surface area is 195 Å². The van der Waals surface area contributed by atoms with Crippen LogP contribution in [0.5, 0.6) is 0 Å². The molecule has 4 rings (SSSR count). The summed E-state index contributed by atoms with van der Waals surface area (Å²) < 4.78 is 27.7. The number of aliphatic imine (C=N–C) groups is 1. The van der Waals surface area contributed by atoms with Crippen molar-refractivity contribution in [3.63, 3.8) is 0 Å². The predicted octanol–water partition coefficient (Wildman–Crippen LogP) is 3.39. The number of benzene rings is 2. The van der Waals surface area contributed by atoms with Gasteiger partial charge in [0, 0.05) is 31.2 Å². The van der Waals surface area contributed by atoms with Gasteiger partial charge in [0.05, 0.1) is 17.0 Å². The third kappa shape index (κ3) is 5.23. The Kier molecular flexibility index (Phi) is 7.65. The summed E-state index contributed by atoms with van der Waals surface area (Å²) in [5.41, 5.74) is 1.87. The Morgan fingerprint density at radius 1 is 1.10 bits per heavy atom. The van der Waals surface area contributed by atoms with Crippen molar-refractivity contribution in [1.82, 2.24) is 14.9 Å². The third-order valence-electron chi connectivity index (χ3n) is 5.91. The van der Waals surface area contributed by atoms with Crippen LogP contribution in [0.15, 0.2) is 58.4 Å². The molecule has 0 radical (unpaired) electrons. The summed E-state index contributed by atoms with van der Waals surface area (Å²) in [7, 11) is -3.48. The molecule has 2 heterocycles. The molecule has 2 aromatic rings. The van der Waals surface area contributed by atoms with E-state index < -0.39 is 10.0 Å². The molecule has 2 N–H and O–H groups in total. The predicted molar refractivity (Wildman–Crippen MR) is 128 cm³/mol. The van der Waals surface area contributed by atoms with Crippen molar-refractivity contribution in [3.8, 4) is 0 Å². The molecule has 0 atom stereocenters. The second-order valence-corrected chi connectivity index (χ2v) is 10.3. The standard InChI is InChI=1S/C22H27ClN4O2S.ClH/c1-17-2-8-20(9-3-17)30(28,29)27-14-10-22(11-15-27)21(24-12-13-26-22)25-16-18-4-6-19(23)7-5-18;/h2-9,26H,10-16H2,1H3,(H,24,25);1H. The van der Waals surface area contributed by atoms with E-state index >= 15 is 0 Å². The lowest BCUT2D eigenvalue weighted by Gasteiger charge is -2.44. The highest BCUT2D eigenvalue weighted by Crippen LogP contribution is 2.29. The van der Waals surface area contributed by atoms with Gasteiger partial charge < -0.3 is 10.6 Å². The van der Waals surface area contributed by atoms with E-state index in [0.29, 0.717) is 42.4 Å². The lowest BCUT2D eigenvalue weighted by molar-refractivity contribution is 0.241. The summed E-state index contributed by atoms with van der Waals surface area (Å²) in [6, 6.07) is 14.8. The minimum Gasteiger partial charge on any atom is -0.368 e. The van der Waals surface area contributed by atoms with Crippen molar-refractivity contribution in [2.75, 3.05) is 26.2 Å². The van der Waals surface area contributed by atoms with Crippen molar-refractivity contribution in [2.24, 2.45) is 4.99 Å². The van der Waals surface area contributed by atoms with E-state index in [1.165, 1.54) is 0 Å². The summed E-state index contributed by atoms with van der Waals surface area (Å²) >= 11 is 5.97. The number of sulfonamides is 1. The minimum atomic E-state index is -3.48. The fraction of sp³-hybridized carbons (Fsp3) is 0.409. The van der Waals surface area contributed by atoms with Crippen molar-refractivity contribution in [1.29, 1.82) is 0 Å². The van der Waals surface area contributed by atoms with Crippen LogP contribution in [0.3, 0.4) is 0 Å². The van der Waals surface area contributed by atoms with Crippen LogP contribution in [-0.2, 0) is 16.6 Å². The molecule has 0 aliphatic carbocycles. The van der Waals surface area contributed by atoms with Gasteiger partial charge in [0.1, 0.15) is 5.84 Å². The van der Waals surface area contributed by atoms with Crippen LogP contribution in [0.25, 0.3) is 0 Å². The molecule has 0 unspecified atom stereocenters. The van der Waals surface area contributed by atoms with E-state index in [9.17, 15) is 8.42 Å². The zero-order valence-corrected chi connectivity index (χ0v) is 19.9. The van der Waals surface area contributed by atoms with E-state index in [1.807, 2.05) is 43.3 Å². The summed E-state index contributed by atoms with van der Waals surface area (Å²) in [5, 5.41) is 7.82. The zero-order valence-electron chi connectivity index (χ0n) is 17.5. The van der Waals surface area contributed by atoms with E-state index in [4.69, 9.17) is 16.6 Å². The second kappa shape index (κ2) is 9.88. The van der Waals surface area contributed by atoms with Gasteiger partial charge in [0.2, 0.25) is 10.0 Å². The fourth-order valence-corrected chi connectivity index (χ4v) is 5.66. The number of halogens is 2. The smallest absolute Gasteiger partial charge is 0.243 e. The molecule has 9 heteroatoms. The van der Waals surface area contributed by atoms with Crippen LogP contribution in [0, 0.1) is 6.92 Å². The van der Waals surface area contributed by atoms with Crippen LogP contribution < -0.4 is 10.6 Å². The molecule has 2 aliphatic rings. The Hall–Kier alpha value is -1.64. The highest BCUT2D eigenvalue weighted by Gasteiger charge is 2.43. The summed E-state index contributed by atoms with van der Waals surface area (Å²) in [6.45, 7) is 5.06. The molecule has 1 saturated heterocycles. The van der Waals surface area contributed by atoms with Crippen molar-refractivity contribution < 1.29 is 8.42 Å². The number of amidine groups is 1. The number of nitrogens with one attached hydrogen (secondary N) is 2. The number of hydrogen-bond acceptors (Lipinski definition) is 5. The average Bonchev–Trinajstić information content (AvgIpc) is 2.75. The number of piperidine rings is 1. The highest BCUT2D eigenvalue weighted by atomic mass is 35.5. The first-order valence-corrected chi connectivity index (χ1v) is 12.1. The van der Waals surface area contributed by atoms with Crippen LogP contribution in [0.4, 0.5) is 0 Å². The van der Waals surface area contributed by atoms with E-state index in [1.54, 1.807) is 16.4 Å². The van der Waals surface area contributed by atoms with Crippen LogP contribution in [0.1, 0.15) is 24.0 Å². The molecule has 168 valence electrons. The molecule has 6 nitrogen and oxygen atoms in total. The summed E-state index contributed by atoms with van der Waals surface area (Å²) in [6.07, 6.45) is 1.37. The van der Waals surface area contributed by atoms with E-state index in [-0.39, 0.29) is 17.9 Å². The Balaban J connectivity index is 0.00000272. The molecular formula is C22H28Cl2N4O2S. The first kappa shape index (κ1) is 24.0. The van der Waals surface area contributed by atoms with Gasteiger partial charge in [-0.1, -0.05) is 41.4 Å². The normalized spacial score (nSPS) is 18.8. The zero-order chi connectivity index (χ0) is 21.2. The quantitative estimate of drug-likeness (QED) is 0.700. The number of rotatable bonds is 4. The van der Waals surface area contributed by atoms with Gasteiger partial charge in [-0.3, -0.25) is 4.99 Å². The highest BCUT2D eigenvalue weighted by molar-refractivity contribution is 7.89. The topological polar surface area (TPSA) is 73.8 Å². The minimum absolute atomic E-state index is 0. The fourth-order valence-electron chi connectivity index (χ4n) is 4.09. The maximum absolute atomic E-state index is 13.0. The van der Waals surface area contributed by atoms with Gasteiger partial charge in [-0.05, 0) is 49.6 Å². The molecule has 2 aliphatic heterocycles. The molecule has 0 aromatic heterocycles. The van der Waals surface area contributed by atoms with Crippen LogP contribution in [-0.4, -0.2) is 50.3 Å². The third-order valence-corrected chi connectivity index (χ3v) is 8.07. The van der Waals surface area contributed by atoms with E-state index in [2.05, 4.69) is 10.6 Å². The van der Waals surface area contributed by atoms with Crippen molar-refractivity contribution >= 4 is 39.9 Å². The number of aryl methyl sites for hydroxylation is 1. The number of nitrogens with zero attached hydrogens (tertiary/aromatic N) is 2. The monoisotopic (exact) mass is 482 g/mol. The summed E-state index contributed by atoms with van der Waals surface area (Å²) in [4.78, 5) is 5.10. The Morgan fingerprint density at radius 3 is 2.39 bits per heavy atom. The molecule has 0 bridgehead atoms. The van der Waals surface area contributed by atoms with Gasteiger partial charge in [-0.25, -0.2) is 8.42 Å².